The lowest BCUT2D eigenvalue weighted by molar-refractivity contribution is 0.0994. The highest BCUT2D eigenvalue weighted by Gasteiger charge is 2.48. The second kappa shape index (κ2) is 10.3. The molecule has 0 spiro atoms. The fourth-order valence-corrected chi connectivity index (χ4v) is 4.70. The summed E-state index contributed by atoms with van der Waals surface area (Å²) in [4.78, 5) is 15.0. The molecule has 8 nitrogen and oxygen atoms in total. The van der Waals surface area contributed by atoms with Crippen molar-refractivity contribution < 1.29 is 14.3 Å². The van der Waals surface area contributed by atoms with Gasteiger partial charge in [0.05, 0.1) is 17.9 Å². The van der Waals surface area contributed by atoms with E-state index in [9.17, 15) is 4.79 Å². The molecule has 2 heterocycles. The Hall–Kier alpha value is -4.04. The van der Waals surface area contributed by atoms with E-state index in [1.807, 2.05) is 71.6 Å². The summed E-state index contributed by atoms with van der Waals surface area (Å²) < 4.78 is 12.2. The minimum atomic E-state index is -1.21. The van der Waals surface area contributed by atoms with E-state index in [1.165, 1.54) is 0 Å². The standard InChI is InChI=1S/C28H31N5O3/c29-27(30)28(19-35-21-10-12-22(13-11-21)36-23-14-16-31-17-15-23)32-24-8-4-5-9-25(24)33(28)18-26(34)20-6-2-1-3-7-20/h1-13,23,31-32H,14-19H2,(H3,29,30). The molecule has 1 unspecified atom stereocenters. The van der Waals surface area contributed by atoms with Crippen molar-refractivity contribution in [1.82, 2.24) is 5.32 Å². The average molecular weight is 486 g/mol. The number of rotatable bonds is 9. The number of nitrogens with one attached hydrogen (secondary N) is 3. The molecule has 2 aliphatic heterocycles. The second-order valence-electron chi connectivity index (χ2n) is 9.12. The molecule has 3 aromatic rings. The molecule has 0 aromatic heterocycles. The van der Waals surface area contributed by atoms with Crippen LogP contribution in [0, 0.1) is 5.41 Å². The molecule has 0 bridgehead atoms. The van der Waals surface area contributed by atoms with Gasteiger partial charge >= 0.3 is 0 Å². The number of hydrogen-bond donors (Lipinski definition) is 4. The summed E-state index contributed by atoms with van der Waals surface area (Å²) in [7, 11) is 0. The van der Waals surface area contributed by atoms with Crippen LogP contribution in [-0.4, -0.2) is 49.6 Å². The summed E-state index contributed by atoms with van der Waals surface area (Å²) in [5, 5.41) is 15.2. The van der Waals surface area contributed by atoms with Gasteiger partial charge in [-0.05, 0) is 62.3 Å². The molecule has 0 amide bonds. The van der Waals surface area contributed by atoms with Crippen LogP contribution in [0.5, 0.6) is 11.5 Å². The first kappa shape index (κ1) is 23.7. The zero-order valence-electron chi connectivity index (χ0n) is 20.1. The highest BCUT2D eigenvalue weighted by molar-refractivity contribution is 6.05. The number of Topliss-reactive ketones (excluding diaryl/α,β-unsaturated/α-hetero) is 1. The van der Waals surface area contributed by atoms with Crippen molar-refractivity contribution in [3.63, 3.8) is 0 Å². The number of anilines is 2. The topological polar surface area (TPSA) is 113 Å². The SMILES string of the molecule is N=C(N)C1(COc2ccc(OC3CCNCC3)cc2)Nc2ccccc2N1CC(=O)c1ccccc1. The Morgan fingerprint density at radius 3 is 2.36 bits per heavy atom. The lowest BCUT2D eigenvalue weighted by Crippen LogP contribution is -2.64. The summed E-state index contributed by atoms with van der Waals surface area (Å²) >= 11 is 0. The molecular formula is C28H31N5O3. The van der Waals surface area contributed by atoms with E-state index < -0.39 is 5.66 Å². The summed E-state index contributed by atoms with van der Waals surface area (Å²) in [5.41, 5.74) is 7.16. The van der Waals surface area contributed by atoms with E-state index >= 15 is 0 Å². The molecule has 1 atom stereocenters. The third kappa shape index (κ3) is 4.85. The fourth-order valence-electron chi connectivity index (χ4n) is 4.70. The van der Waals surface area contributed by atoms with Crippen molar-refractivity contribution in [3.05, 3.63) is 84.4 Å². The number of carbonyl (C=O) groups excluding carboxylic acids is 1. The molecule has 5 N–H and O–H groups in total. The number of nitrogens with zero attached hydrogens (tertiary/aromatic N) is 1. The highest BCUT2D eigenvalue weighted by atomic mass is 16.5. The molecule has 186 valence electrons. The van der Waals surface area contributed by atoms with E-state index in [2.05, 4.69) is 10.6 Å². The maximum Gasteiger partial charge on any atom is 0.204 e. The fraction of sp³-hybridized carbons (Fsp3) is 0.286. The van der Waals surface area contributed by atoms with E-state index in [0.29, 0.717) is 11.3 Å². The van der Waals surface area contributed by atoms with Crippen LogP contribution in [-0.2, 0) is 0 Å². The van der Waals surface area contributed by atoms with Crippen LogP contribution in [0.4, 0.5) is 11.4 Å². The minimum absolute atomic E-state index is 0.0353. The Kier molecular flexibility index (Phi) is 6.77. The summed E-state index contributed by atoms with van der Waals surface area (Å²) in [6, 6.07) is 24.3. The molecule has 0 radical (unpaired) electrons. The monoisotopic (exact) mass is 485 g/mol. The molecule has 0 aliphatic carbocycles. The minimum Gasteiger partial charge on any atom is -0.490 e. The van der Waals surface area contributed by atoms with Gasteiger partial charge in [-0.25, -0.2) is 0 Å². The lowest BCUT2D eigenvalue weighted by Gasteiger charge is -2.38. The van der Waals surface area contributed by atoms with E-state index in [4.69, 9.17) is 20.6 Å². The maximum absolute atomic E-state index is 13.2. The molecule has 1 fully saturated rings. The number of piperidine rings is 1. The molecular weight excluding hydrogens is 454 g/mol. The van der Waals surface area contributed by atoms with Crippen molar-refractivity contribution >= 4 is 23.0 Å². The number of ketones is 1. The highest BCUT2D eigenvalue weighted by Crippen LogP contribution is 2.40. The predicted octanol–water partition coefficient (Wildman–Crippen LogP) is 3.64. The number of ether oxygens (including phenoxy) is 2. The van der Waals surface area contributed by atoms with Gasteiger partial charge in [-0.15, -0.1) is 0 Å². The molecule has 2 aliphatic rings. The number of nitrogens with two attached hydrogens (primary N) is 1. The van der Waals surface area contributed by atoms with Gasteiger partial charge in [-0.1, -0.05) is 42.5 Å². The predicted molar refractivity (Wildman–Crippen MR) is 141 cm³/mol. The van der Waals surface area contributed by atoms with Crippen LogP contribution < -0.4 is 30.7 Å². The number of benzene rings is 3. The van der Waals surface area contributed by atoms with E-state index in [1.54, 1.807) is 12.1 Å². The quantitative estimate of drug-likeness (QED) is 0.208. The van der Waals surface area contributed by atoms with Crippen molar-refractivity contribution in [2.45, 2.75) is 24.6 Å². The summed E-state index contributed by atoms with van der Waals surface area (Å²) in [5.74, 6) is 1.22. The van der Waals surface area contributed by atoms with Gasteiger partial charge < -0.3 is 30.7 Å². The Labute approximate surface area is 210 Å². The lowest BCUT2D eigenvalue weighted by atomic mass is 10.1. The normalized spacial score (nSPS) is 19.3. The van der Waals surface area contributed by atoms with Crippen LogP contribution in [0.15, 0.2) is 78.9 Å². The molecule has 3 aromatic carbocycles. The van der Waals surface area contributed by atoms with E-state index in [0.717, 1.165) is 43.1 Å². The van der Waals surface area contributed by atoms with Gasteiger partial charge in [0.25, 0.3) is 0 Å². The van der Waals surface area contributed by atoms with Gasteiger partial charge in [0.1, 0.15) is 30.0 Å². The zero-order valence-corrected chi connectivity index (χ0v) is 20.1. The maximum atomic E-state index is 13.2. The van der Waals surface area contributed by atoms with Gasteiger partial charge in [0.2, 0.25) is 5.66 Å². The van der Waals surface area contributed by atoms with Crippen LogP contribution in [0.2, 0.25) is 0 Å². The number of hydrogen-bond acceptors (Lipinski definition) is 7. The Balaban J connectivity index is 1.34. The van der Waals surface area contributed by atoms with E-state index in [-0.39, 0.29) is 30.9 Å². The van der Waals surface area contributed by atoms with Crippen LogP contribution in [0.25, 0.3) is 0 Å². The average Bonchev–Trinajstić information content (AvgIpc) is 3.24. The van der Waals surface area contributed by atoms with Gasteiger partial charge in [-0.3, -0.25) is 10.2 Å². The van der Waals surface area contributed by atoms with Crippen LogP contribution >= 0.6 is 0 Å². The van der Waals surface area contributed by atoms with Crippen molar-refractivity contribution in [2.75, 3.05) is 36.5 Å². The second-order valence-corrected chi connectivity index (χ2v) is 9.12. The number of amidine groups is 1. The molecule has 5 rings (SSSR count). The van der Waals surface area contributed by atoms with Crippen LogP contribution in [0.3, 0.4) is 0 Å². The van der Waals surface area contributed by atoms with Gasteiger partial charge in [-0.2, -0.15) is 0 Å². The largest absolute Gasteiger partial charge is 0.490 e. The first-order valence-corrected chi connectivity index (χ1v) is 12.2. The first-order chi connectivity index (χ1) is 17.5. The Morgan fingerprint density at radius 1 is 0.972 bits per heavy atom. The Bertz CT molecular complexity index is 1210. The number of fused-ring (bicyclic) bond motifs is 1. The zero-order chi connectivity index (χ0) is 25.0. The molecule has 36 heavy (non-hydrogen) atoms. The number of carbonyl (C=O) groups is 1. The van der Waals surface area contributed by atoms with Gasteiger partial charge in [0.15, 0.2) is 5.78 Å². The van der Waals surface area contributed by atoms with Gasteiger partial charge in [0, 0.05) is 5.56 Å². The van der Waals surface area contributed by atoms with Crippen LogP contribution in [0.1, 0.15) is 23.2 Å². The smallest absolute Gasteiger partial charge is 0.204 e. The summed E-state index contributed by atoms with van der Waals surface area (Å²) in [6.07, 6.45) is 2.20. The van der Waals surface area contributed by atoms with Crippen molar-refractivity contribution in [1.29, 1.82) is 5.41 Å². The molecule has 0 saturated carbocycles. The summed E-state index contributed by atoms with van der Waals surface area (Å²) in [6.45, 7) is 2.02. The number of para-hydroxylation sites is 2. The third-order valence-electron chi connectivity index (χ3n) is 6.70. The first-order valence-electron chi connectivity index (χ1n) is 12.2. The van der Waals surface area contributed by atoms with Crippen molar-refractivity contribution in [3.8, 4) is 11.5 Å². The molecule has 1 saturated heterocycles. The Morgan fingerprint density at radius 2 is 1.64 bits per heavy atom. The van der Waals surface area contributed by atoms with Crippen molar-refractivity contribution in [2.24, 2.45) is 5.73 Å². The third-order valence-corrected chi connectivity index (χ3v) is 6.70. The molecule has 8 heteroatoms.